The van der Waals surface area contributed by atoms with Crippen molar-refractivity contribution >= 4 is 0 Å². The van der Waals surface area contributed by atoms with Gasteiger partial charge in [0.25, 0.3) is 0 Å². The van der Waals surface area contributed by atoms with E-state index in [1.807, 2.05) is 4.74 Å². The summed E-state index contributed by atoms with van der Waals surface area (Å²) in [4.78, 5) is 0. The third-order valence-electron chi connectivity index (χ3n) is 1.64. The number of hydrogen-bond acceptors (Lipinski definition) is 2. The number of rotatable bonds is 4. The summed E-state index contributed by atoms with van der Waals surface area (Å²) >= 11 is 0. The first-order valence-corrected chi connectivity index (χ1v) is 3.91. The molecule has 13 heteroatoms. The van der Waals surface area contributed by atoms with E-state index in [0.29, 0.717) is 0 Å². The molecule has 1 unspecified atom stereocenters. The van der Waals surface area contributed by atoms with Gasteiger partial charge in [0, 0.05) is 0 Å². The van der Waals surface area contributed by atoms with Crippen LogP contribution in [0.25, 0.3) is 0 Å². The Labute approximate surface area is 96.3 Å². The Morgan fingerprint density at radius 3 is 1.26 bits per heavy atom. The fourth-order valence-electron chi connectivity index (χ4n) is 0.612. The zero-order valence-corrected chi connectivity index (χ0v) is 8.22. The molecule has 0 radical (unpaired) electrons. The second-order valence-electron chi connectivity index (χ2n) is 3.08. The minimum Gasteiger partial charge on any atom is -0.390 e. The van der Waals surface area contributed by atoms with Crippen LogP contribution < -0.4 is 0 Å². The van der Waals surface area contributed by atoms with Gasteiger partial charge in [-0.15, -0.1) is 0 Å². The van der Waals surface area contributed by atoms with E-state index in [1.54, 1.807) is 0 Å². The maximum absolute atomic E-state index is 12.7. The summed E-state index contributed by atoms with van der Waals surface area (Å²) in [6.07, 6.45) is -20.4. The summed E-state index contributed by atoms with van der Waals surface area (Å²) in [6.45, 7) is -2.94. The lowest BCUT2D eigenvalue weighted by atomic mass is 10.2. The van der Waals surface area contributed by atoms with Gasteiger partial charge >= 0.3 is 30.2 Å². The van der Waals surface area contributed by atoms with E-state index in [4.69, 9.17) is 5.11 Å². The van der Waals surface area contributed by atoms with Crippen LogP contribution in [0, 0.1) is 0 Å². The number of ether oxygens (including phenoxy) is 1. The lowest BCUT2D eigenvalue weighted by Gasteiger charge is -2.33. The molecule has 0 aromatic heterocycles. The van der Waals surface area contributed by atoms with Crippen LogP contribution in [0.5, 0.6) is 0 Å². The molecule has 2 nitrogen and oxygen atoms in total. The third kappa shape index (κ3) is 3.19. The molecule has 0 saturated carbocycles. The van der Waals surface area contributed by atoms with E-state index in [-0.39, 0.29) is 0 Å². The minimum atomic E-state index is -7.10. The Hall–Kier alpha value is -0.850. The fourth-order valence-corrected chi connectivity index (χ4v) is 0.612. The van der Waals surface area contributed by atoms with Crippen molar-refractivity contribution in [2.45, 2.75) is 30.2 Å². The molecule has 0 amide bonds. The van der Waals surface area contributed by atoms with Crippen LogP contribution in [0.15, 0.2) is 0 Å². The summed E-state index contributed by atoms with van der Waals surface area (Å²) < 4.78 is 134. The van der Waals surface area contributed by atoms with Gasteiger partial charge in [0.05, 0.1) is 0 Å². The number of alkyl halides is 11. The van der Waals surface area contributed by atoms with Crippen LogP contribution in [0.2, 0.25) is 0 Å². The Morgan fingerprint density at radius 1 is 0.684 bits per heavy atom. The molecular formula is C6H3F11O2. The summed E-state index contributed by atoms with van der Waals surface area (Å²) in [6, 6.07) is 0. The van der Waals surface area contributed by atoms with Gasteiger partial charge in [-0.25, -0.2) is 0 Å². The number of halogens is 11. The average molecular weight is 316 g/mol. The first-order valence-electron chi connectivity index (χ1n) is 3.91. The van der Waals surface area contributed by atoms with E-state index in [1.165, 1.54) is 0 Å². The minimum absolute atomic E-state index is 1.89. The molecule has 0 bridgehead atoms. The molecule has 116 valence electrons. The Kier molecular flexibility index (Phi) is 4.40. The molecule has 0 aliphatic heterocycles. The third-order valence-corrected chi connectivity index (χ3v) is 1.64. The van der Waals surface area contributed by atoms with Crippen LogP contribution in [0.1, 0.15) is 0 Å². The standard InChI is InChI=1S/C6H3F11O2/c7-2(1-18,4(10,11)12)19-6(16,17)3(8,9)5(13,14)15/h18H,1H2. The van der Waals surface area contributed by atoms with Gasteiger partial charge in [0.15, 0.2) is 0 Å². The lowest BCUT2D eigenvalue weighted by Crippen LogP contribution is -2.60. The predicted octanol–water partition coefficient (Wildman–Crippen LogP) is 3.01. The predicted molar refractivity (Wildman–Crippen MR) is 34.0 cm³/mol. The van der Waals surface area contributed by atoms with Crippen molar-refractivity contribution in [2.24, 2.45) is 0 Å². The summed E-state index contributed by atoms with van der Waals surface area (Å²) in [5.74, 6) is -12.9. The molecule has 0 rings (SSSR count). The van der Waals surface area contributed by atoms with Crippen molar-refractivity contribution in [1.29, 1.82) is 0 Å². The Balaban J connectivity index is 5.48. The van der Waals surface area contributed by atoms with Gasteiger partial charge in [-0.1, -0.05) is 0 Å². The van der Waals surface area contributed by atoms with Crippen molar-refractivity contribution in [3.63, 3.8) is 0 Å². The van der Waals surface area contributed by atoms with E-state index in [9.17, 15) is 48.3 Å². The molecule has 1 atom stereocenters. The molecule has 19 heavy (non-hydrogen) atoms. The van der Waals surface area contributed by atoms with E-state index >= 15 is 0 Å². The van der Waals surface area contributed by atoms with Gasteiger partial charge in [-0.2, -0.15) is 48.3 Å². The summed E-state index contributed by atoms with van der Waals surface area (Å²) in [7, 11) is 0. The van der Waals surface area contributed by atoms with Gasteiger partial charge < -0.3 is 5.11 Å². The summed E-state index contributed by atoms with van der Waals surface area (Å²) in [5, 5.41) is 7.87. The fraction of sp³-hybridized carbons (Fsp3) is 1.00. The topological polar surface area (TPSA) is 29.5 Å². The SMILES string of the molecule is OCC(F)(OC(F)(F)C(F)(F)C(F)(F)F)C(F)(F)F. The summed E-state index contributed by atoms with van der Waals surface area (Å²) in [5.41, 5.74) is 0. The van der Waals surface area contributed by atoms with Crippen LogP contribution in [0.3, 0.4) is 0 Å². The van der Waals surface area contributed by atoms with E-state index in [0.717, 1.165) is 0 Å². The normalized spacial score (nSPS) is 18.3. The van der Waals surface area contributed by atoms with Gasteiger partial charge in [-0.3, -0.25) is 4.74 Å². The average Bonchev–Trinajstić information content (AvgIpc) is 2.12. The molecule has 1 N–H and O–H groups in total. The Morgan fingerprint density at radius 2 is 1.05 bits per heavy atom. The lowest BCUT2D eigenvalue weighted by molar-refractivity contribution is -0.485. The maximum atomic E-state index is 12.7. The van der Waals surface area contributed by atoms with Crippen LogP contribution in [0.4, 0.5) is 48.3 Å². The highest BCUT2D eigenvalue weighted by Gasteiger charge is 2.78. The molecule has 0 aliphatic carbocycles. The van der Waals surface area contributed by atoms with Crippen LogP contribution >= 0.6 is 0 Å². The molecule has 0 spiro atoms. The molecule has 0 aromatic carbocycles. The highest BCUT2D eigenvalue weighted by molar-refractivity contribution is 4.88. The molecular weight excluding hydrogens is 313 g/mol. The van der Waals surface area contributed by atoms with E-state index in [2.05, 4.69) is 0 Å². The first-order chi connectivity index (χ1) is 8.02. The van der Waals surface area contributed by atoms with Crippen molar-refractivity contribution in [2.75, 3.05) is 6.61 Å². The molecule has 0 heterocycles. The van der Waals surface area contributed by atoms with Crippen molar-refractivity contribution in [1.82, 2.24) is 0 Å². The highest BCUT2D eigenvalue weighted by atomic mass is 19.4. The zero-order chi connectivity index (χ0) is 15.9. The van der Waals surface area contributed by atoms with Crippen molar-refractivity contribution in [3.05, 3.63) is 0 Å². The Bertz CT molecular complexity index is 318. The molecule has 0 aromatic rings. The van der Waals surface area contributed by atoms with Gasteiger partial charge in [0.2, 0.25) is 0 Å². The van der Waals surface area contributed by atoms with Crippen molar-refractivity contribution < 1.29 is 58.1 Å². The smallest absolute Gasteiger partial charge is 0.390 e. The van der Waals surface area contributed by atoms with Crippen molar-refractivity contribution in [3.8, 4) is 0 Å². The largest absolute Gasteiger partial charge is 0.462 e. The second kappa shape index (κ2) is 4.61. The van der Waals surface area contributed by atoms with Gasteiger partial charge in [-0.05, 0) is 0 Å². The number of hydrogen-bond donors (Lipinski definition) is 1. The highest BCUT2D eigenvalue weighted by Crippen LogP contribution is 2.50. The number of aliphatic hydroxyl groups is 1. The quantitative estimate of drug-likeness (QED) is 0.808. The van der Waals surface area contributed by atoms with Crippen LogP contribution in [-0.2, 0) is 4.74 Å². The molecule has 0 fully saturated rings. The monoisotopic (exact) mass is 316 g/mol. The number of aliphatic hydroxyl groups excluding tert-OH is 1. The zero-order valence-electron chi connectivity index (χ0n) is 8.22. The molecule has 0 saturated heterocycles. The van der Waals surface area contributed by atoms with Crippen LogP contribution in [-0.4, -0.2) is 42.0 Å². The maximum Gasteiger partial charge on any atom is 0.462 e. The first kappa shape index (κ1) is 18.1. The van der Waals surface area contributed by atoms with Gasteiger partial charge in [0.1, 0.15) is 6.61 Å². The molecule has 0 aliphatic rings. The van der Waals surface area contributed by atoms with E-state index < -0.39 is 36.8 Å². The second-order valence-corrected chi connectivity index (χ2v) is 3.08.